The Bertz CT molecular complexity index is 599. The molecular formula is C18H22N2O3. The van der Waals surface area contributed by atoms with Crippen LogP contribution in [0.15, 0.2) is 54.6 Å². The van der Waals surface area contributed by atoms with Gasteiger partial charge < -0.3 is 20.1 Å². The Kier molecular flexibility index (Phi) is 6.29. The van der Waals surface area contributed by atoms with Gasteiger partial charge in [-0.2, -0.15) is 0 Å². The molecule has 23 heavy (non-hydrogen) atoms. The number of ether oxygens (including phenoxy) is 2. The summed E-state index contributed by atoms with van der Waals surface area (Å²) < 4.78 is 10.9. The van der Waals surface area contributed by atoms with Crippen molar-refractivity contribution in [3.8, 4) is 11.5 Å². The summed E-state index contributed by atoms with van der Waals surface area (Å²) in [6.07, 6.45) is 0.303. The molecule has 0 radical (unpaired) electrons. The Labute approximate surface area is 136 Å². The molecule has 2 aromatic carbocycles. The Hall–Kier alpha value is -2.69. The molecule has 0 fully saturated rings. The lowest BCUT2D eigenvalue weighted by atomic mass is 10.2. The zero-order valence-corrected chi connectivity index (χ0v) is 13.3. The first-order chi connectivity index (χ1) is 11.2. The van der Waals surface area contributed by atoms with E-state index < -0.39 is 0 Å². The quantitative estimate of drug-likeness (QED) is 0.772. The van der Waals surface area contributed by atoms with Gasteiger partial charge in [0.15, 0.2) is 0 Å². The number of rotatable bonds is 9. The molecule has 0 unspecified atom stereocenters. The van der Waals surface area contributed by atoms with Crippen LogP contribution in [0.5, 0.6) is 11.5 Å². The minimum Gasteiger partial charge on any atom is -0.497 e. The summed E-state index contributed by atoms with van der Waals surface area (Å²) in [6, 6.07) is 17.4. The number of benzene rings is 2. The molecule has 0 bridgehead atoms. The van der Waals surface area contributed by atoms with Crippen LogP contribution in [0.2, 0.25) is 0 Å². The monoisotopic (exact) mass is 314 g/mol. The van der Waals surface area contributed by atoms with Gasteiger partial charge in [0.05, 0.1) is 13.7 Å². The molecule has 0 spiro atoms. The second kappa shape index (κ2) is 8.68. The van der Waals surface area contributed by atoms with E-state index in [1.54, 1.807) is 7.11 Å². The van der Waals surface area contributed by atoms with Crippen LogP contribution in [-0.2, 0) is 4.79 Å². The fraction of sp³-hybridized carbons (Fsp3) is 0.278. The molecule has 0 heterocycles. The lowest BCUT2D eigenvalue weighted by Gasteiger charge is -2.24. The zero-order valence-electron chi connectivity index (χ0n) is 13.3. The third-order valence-corrected chi connectivity index (χ3v) is 3.44. The van der Waals surface area contributed by atoms with Gasteiger partial charge in [0, 0.05) is 18.7 Å². The number of carbonyl (C=O) groups excluding carboxylic acids is 1. The van der Waals surface area contributed by atoms with E-state index in [1.807, 2.05) is 54.6 Å². The van der Waals surface area contributed by atoms with Crippen LogP contribution < -0.4 is 20.1 Å². The number of anilines is 1. The molecule has 0 aromatic heterocycles. The average Bonchev–Trinajstić information content (AvgIpc) is 2.59. The SMILES string of the molecule is COc1ccc(N(CCOc2ccccc2)CCC(N)=O)cc1. The number of methoxy groups -OCH3 is 1. The van der Waals surface area contributed by atoms with E-state index >= 15 is 0 Å². The Morgan fingerprint density at radius 2 is 1.70 bits per heavy atom. The fourth-order valence-corrected chi connectivity index (χ4v) is 2.20. The van der Waals surface area contributed by atoms with Crippen molar-refractivity contribution in [2.24, 2.45) is 5.73 Å². The minimum absolute atomic E-state index is 0.303. The van der Waals surface area contributed by atoms with Gasteiger partial charge in [-0.25, -0.2) is 0 Å². The number of para-hydroxylation sites is 1. The van der Waals surface area contributed by atoms with Crippen LogP contribution in [0.3, 0.4) is 0 Å². The second-order valence-corrected chi connectivity index (χ2v) is 5.06. The van der Waals surface area contributed by atoms with Crippen molar-refractivity contribution < 1.29 is 14.3 Å². The van der Waals surface area contributed by atoms with E-state index in [1.165, 1.54) is 0 Å². The van der Waals surface area contributed by atoms with Crippen LogP contribution in [0.1, 0.15) is 6.42 Å². The van der Waals surface area contributed by atoms with E-state index in [-0.39, 0.29) is 5.91 Å². The molecule has 5 nitrogen and oxygen atoms in total. The summed E-state index contributed by atoms with van der Waals surface area (Å²) in [5.41, 5.74) is 6.27. The Morgan fingerprint density at radius 3 is 2.30 bits per heavy atom. The van der Waals surface area contributed by atoms with Crippen LogP contribution >= 0.6 is 0 Å². The molecule has 0 aliphatic carbocycles. The number of carbonyl (C=O) groups is 1. The molecule has 2 N–H and O–H groups in total. The van der Waals surface area contributed by atoms with E-state index in [0.29, 0.717) is 26.1 Å². The van der Waals surface area contributed by atoms with E-state index in [2.05, 4.69) is 4.90 Å². The molecule has 0 atom stereocenters. The van der Waals surface area contributed by atoms with Crippen molar-refractivity contribution in [2.75, 3.05) is 31.7 Å². The predicted octanol–water partition coefficient (Wildman–Crippen LogP) is 2.46. The van der Waals surface area contributed by atoms with Gasteiger partial charge in [-0.15, -0.1) is 0 Å². The van der Waals surface area contributed by atoms with Crippen molar-refractivity contribution in [1.29, 1.82) is 0 Å². The lowest BCUT2D eigenvalue weighted by molar-refractivity contribution is -0.117. The molecule has 2 aromatic rings. The summed E-state index contributed by atoms with van der Waals surface area (Å²) in [7, 11) is 1.63. The zero-order chi connectivity index (χ0) is 16.5. The van der Waals surface area contributed by atoms with Gasteiger partial charge in [0.2, 0.25) is 5.91 Å². The first-order valence-electron chi connectivity index (χ1n) is 7.54. The molecular weight excluding hydrogens is 292 g/mol. The smallest absolute Gasteiger partial charge is 0.219 e. The number of nitrogens with two attached hydrogens (primary N) is 1. The van der Waals surface area contributed by atoms with Crippen LogP contribution in [0, 0.1) is 0 Å². The maximum Gasteiger partial charge on any atom is 0.219 e. The van der Waals surface area contributed by atoms with Crippen molar-refractivity contribution >= 4 is 11.6 Å². The molecule has 5 heteroatoms. The fourth-order valence-electron chi connectivity index (χ4n) is 2.20. The van der Waals surface area contributed by atoms with Gasteiger partial charge in [-0.05, 0) is 36.4 Å². The molecule has 1 amide bonds. The van der Waals surface area contributed by atoms with Gasteiger partial charge in [-0.1, -0.05) is 18.2 Å². The molecule has 0 saturated carbocycles. The van der Waals surface area contributed by atoms with Gasteiger partial charge >= 0.3 is 0 Å². The van der Waals surface area contributed by atoms with Crippen molar-refractivity contribution in [3.63, 3.8) is 0 Å². The minimum atomic E-state index is -0.313. The third kappa shape index (κ3) is 5.54. The van der Waals surface area contributed by atoms with E-state index in [9.17, 15) is 4.79 Å². The number of primary amides is 1. The van der Waals surface area contributed by atoms with Gasteiger partial charge in [-0.3, -0.25) is 4.79 Å². The van der Waals surface area contributed by atoms with Gasteiger partial charge in [0.25, 0.3) is 0 Å². The van der Waals surface area contributed by atoms with Gasteiger partial charge in [0.1, 0.15) is 18.1 Å². The first-order valence-corrected chi connectivity index (χ1v) is 7.54. The largest absolute Gasteiger partial charge is 0.497 e. The number of hydrogen-bond acceptors (Lipinski definition) is 4. The Balaban J connectivity index is 1.96. The molecule has 122 valence electrons. The molecule has 0 aliphatic rings. The topological polar surface area (TPSA) is 64.8 Å². The average molecular weight is 314 g/mol. The maximum absolute atomic E-state index is 11.1. The maximum atomic E-state index is 11.1. The highest BCUT2D eigenvalue weighted by Crippen LogP contribution is 2.19. The van der Waals surface area contributed by atoms with Crippen LogP contribution in [-0.4, -0.2) is 32.7 Å². The van der Waals surface area contributed by atoms with Crippen molar-refractivity contribution in [3.05, 3.63) is 54.6 Å². The highest BCUT2D eigenvalue weighted by atomic mass is 16.5. The summed E-state index contributed by atoms with van der Waals surface area (Å²) in [5, 5.41) is 0. The number of nitrogens with zero attached hydrogens (tertiary/aromatic N) is 1. The first kappa shape index (κ1) is 16.7. The highest BCUT2D eigenvalue weighted by Gasteiger charge is 2.09. The molecule has 2 rings (SSSR count). The van der Waals surface area contributed by atoms with Crippen LogP contribution in [0.4, 0.5) is 5.69 Å². The highest BCUT2D eigenvalue weighted by molar-refractivity contribution is 5.74. The normalized spacial score (nSPS) is 10.1. The standard InChI is InChI=1S/C18H22N2O3/c1-22-16-9-7-15(8-10-16)20(12-11-18(19)21)13-14-23-17-5-3-2-4-6-17/h2-10H,11-14H2,1H3,(H2,19,21). The summed E-state index contributed by atoms with van der Waals surface area (Å²) in [5.74, 6) is 1.31. The second-order valence-electron chi connectivity index (χ2n) is 5.06. The number of amides is 1. The molecule has 0 saturated heterocycles. The van der Waals surface area contributed by atoms with E-state index in [0.717, 1.165) is 17.2 Å². The molecule has 0 aliphatic heterocycles. The third-order valence-electron chi connectivity index (χ3n) is 3.44. The summed E-state index contributed by atoms with van der Waals surface area (Å²) in [4.78, 5) is 13.2. The van der Waals surface area contributed by atoms with E-state index in [4.69, 9.17) is 15.2 Å². The Morgan fingerprint density at radius 1 is 1.00 bits per heavy atom. The summed E-state index contributed by atoms with van der Waals surface area (Å²) >= 11 is 0. The van der Waals surface area contributed by atoms with Crippen molar-refractivity contribution in [2.45, 2.75) is 6.42 Å². The number of hydrogen-bond donors (Lipinski definition) is 1. The van der Waals surface area contributed by atoms with Crippen LogP contribution in [0.25, 0.3) is 0 Å². The lowest BCUT2D eigenvalue weighted by Crippen LogP contribution is -2.31. The predicted molar refractivity (Wildman–Crippen MR) is 91.0 cm³/mol. The summed E-state index contributed by atoms with van der Waals surface area (Å²) in [6.45, 7) is 1.74. The van der Waals surface area contributed by atoms with Crippen molar-refractivity contribution in [1.82, 2.24) is 0 Å².